The molecule has 1 aliphatic rings. The van der Waals surface area contributed by atoms with Crippen molar-refractivity contribution < 1.29 is 32.3 Å². The summed E-state index contributed by atoms with van der Waals surface area (Å²) >= 11 is 0. The number of aryl methyl sites for hydroxylation is 1. The molecule has 2 aromatic carbocycles. The predicted molar refractivity (Wildman–Crippen MR) is 121 cm³/mol. The number of hydrogen-bond donors (Lipinski definition) is 2. The molecule has 3 rings (SSSR count). The van der Waals surface area contributed by atoms with Crippen LogP contribution in [0.1, 0.15) is 36.2 Å². The molecule has 10 heteroatoms. The van der Waals surface area contributed by atoms with Crippen LogP contribution in [-0.2, 0) is 30.8 Å². The van der Waals surface area contributed by atoms with Gasteiger partial charge in [0, 0.05) is 17.7 Å². The van der Waals surface area contributed by atoms with E-state index in [4.69, 9.17) is 9.47 Å². The third kappa shape index (κ3) is 5.96. The Morgan fingerprint density at radius 1 is 1.09 bits per heavy atom. The summed E-state index contributed by atoms with van der Waals surface area (Å²) in [7, 11) is -2.54. The number of carbonyl (C=O) groups is 3. The van der Waals surface area contributed by atoms with Gasteiger partial charge in [-0.3, -0.25) is 14.4 Å². The molecule has 2 aromatic rings. The Kier molecular flexibility index (Phi) is 7.50. The van der Waals surface area contributed by atoms with Gasteiger partial charge >= 0.3 is 5.97 Å². The lowest BCUT2D eigenvalue weighted by Gasteiger charge is -2.21. The summed E-state index contributed by atoms with van der Waals surface area (Å²) < 4.78 is 38.0. The topological polar surface area (TPSA) is 128 Å². The number of hydrogen-bond acceptors (Lipinski definition) is 7. The molecule has 0 bridgehead atoms. The van der Waals surface area contributed by atoms with E-state index < -0.39 is 40.3 Å². The summed E-state index contributed by atoms with van der Waals surface area (Å²) in [5.74, 6) is -1.28. The Bertz CT molecular complexity index is 1160. The summed E-state index contributed by atoms with van der Waals surface area (Å²) in [6, 6.07) is 9.41. The number of nitrogens with one attached hydrogen (secondary N) is 2. The number of ketones is 1. The van der Waals surface area contributed by atoms with Gasteiger partial charge in [0.05, 0.1) is 12.0 Å². The first-order valence-electron chi connectivity index (χ1n) is 10.4. The van der Waals surface area contributed by atoms with E-state index in [2.05, 4.69) is 10.0 Å². The van der Waals surface area contributed by atoms with E-state index in [1.54, 1.807) is 32.0 Å². The van der Waals surface area contributed by atoms with Crippen molar-refractivity contribution in [3.05, 3.63) is 53.6 Å². The molecule has 0 saturated carbocycles. The molecule has 0 spiro atoms. The van der Waals surface area contributed by atoms with Crippen LogP contribution in [0.15, 0.2) is 47.4 Å². The minimum atomic E-state index is -4.01. The fourth-order valence-corrected chi connectivity index (χ4v) is 4.65. The number of anilines is 1. The summed E-state index contributed by atoms with van der Waals surface area (Å²) in [6.45, 7) is 2.81. The van der Waals surface area contributed by atoms with Crippen molar-refractivity contribution in [3.8, 4) is 5.75 Å². The first-order chi connectivity index (χ1) is 15.6. The normalized spacial score (nSPS) is 14.2. The first kappa shape index (κ1) is 24.4. The highest BCUT2D eigenvalue weighted by atomic mass is 32.2. The molecule has 0 aliphatic carbocycles. The van der Waals surface area contributed by atoms with E-state index in [9.17, 15) is 22.8 Å². The zero-order valence-electron chi connectivity index (χ0n) is 18.6. The third-order valence-corrected chi connectivity index (χ3v) is 6.70. The van der Waals surface area contributed by atoms with Gasteiger partial charge in [0.15, 0.2) is 12.4 Å². The van der Waals surface area contributed by atoms with Crippen molar-refractivity contribution in [3.63, 3.8) is 0 Å². The number of amides is 1. The van der Waals surface area contributed by atoms with Crippen molar-refractivity contribution in [2.75, 3.05) is 19.0 Å². The Balaban J connectivity index is 1.65. The lowest BCUT2D eigenvalue weighted by atomic mass is 9.99. The molecule has 0 saturated heterocycles. The number of ether oxygens (including phenoxy) is 2. The lowest BCUT2D eigenvalue weighted by Crippen LogP contribution is -2.45. The fourth-order valence-electron chi connectivity index (χ4n) is 3.31. The van der Waals surface area contributed by atoms with E-state index in [-0.39, 0.29) is 10.8 Å². The van der Waals surface area contributed by atoms with E-state index in [1.807, 2.05) is 0 Å². The molecule has 2 N–H and O–H groups in total. The van der Waals surface area contributed by atoms with Gasteiger partial charge in [-0.1, -0.05) is 13.8 Å². The van der Waals surface area contributed by atoms with Crippen molar-refractivity contribution in [1.29, 1.82) is 0 Å². The zero-order chi connectivity index (χ0) is 24.2. The Hall–Kier alpha value is -3.24. The van der Waals surface area contributed by atoms with Crippen LogP contribution in [0.25, 0.3) is 0 Å². The van der Waals surface area contributed by atoms with Crippen LogP contribution in [0.2, 0.25) is 0 Å². The maximum Gasteiger partial charge on any atom is 0.324 e. The highest BCUT2D eigenvalue weighted by molar-refractivity contribution is 7.89. The molecule has 0 fully saturated rings. The summed E-state index contributed by atoms with van der Waals surface area (Å²) in [4.78, 5) is 36.6. The minimum absolute atomic E-state index is 0.0287. The Labute approximate surface area is 192 Å². The van der Waals surface area contributed by atoms with Gasteiger partial charge in [0.25, 0.3) is 0 Å². The molecular weight excluding hydrogens is 448 g/mol. The van der Waals surface area contributed by atoms with Gasteiger partial charge in [-0.05, 0) is 60.4 Å². The summed E-state index contributed by atoms with van der Waals surface area (Å²) in [5, 5.41) is 2.74. The quantitative estimate of drug-likeness (QED) is 0.422. The van der Waals surface area contributed by atoms with Gasteiger partial charge in [0.2, 0.25) is 15.9 Å². The van der Waals surface area contributed by atoms with E-state index in [1.165, 1.54) is 31.4 Å². The van der Waals surface area contributed by atoms with Crippen molar-refractivity contribution in [2.45, 2.75) is 37.6 Å². The molecular formula is C23H26N2O7S. The number of rotatable bonds is 9. The Morgan fingerprint density at radius 3 is 2.42 bits per heavy atom. The fraction of sp³-hybridized carbons (Fsp3) is 0.348. The smallest absolute Gasteiger partial charge is 0.324 e. The van der Waals surface area contributed by atoms with Crippen LogP contribution in [0.5, 0.6) is 5.75 Å². The lowest BCUT2D eigenvalue weighted by molar-refractivity contribution is -0.145. The number of fused-ring (bicyclic) bond motifs is 1. The van der Waals surface area contributed by atoms with E-state index >= 15 is 0 Å². The second-order valence-electron chi connectivity index (χ2n) is 7.97. The van der Waals surface area contributed by atoms with Gasteiger partial charge in [-0.2, -0.15) is 4.72 Å². The molecule has 9 nitrogen and oxygen atoms in total. The number of sulfonamides is 1. The highest BCUT2D eigenvalue weighted by Crippen LogP contribution is 2.24. The van der Waals surface area contributed by atoms with Crippen LogP contribution in [0, 0.1) is 5.92 Å². The van der Waals surface area contributed by atoms with Gasteiger partial charge < -0.3 is 14.8 Å². The largest absolute Gasteiger partial charge is 0.497 e. The van der Waals surface area contributed by atoms with Crippen molar-refractivity contribution in [2.24, 2.45) is 5.92 Å². The third-order valence-electron chi connectivity index (χ3n) is 5.24. The van der Waals surface area contributed by atoms with E-state index in [0.29, 0.717) is 29.8 Å². The number of benzene rings is 2. The highest BCUT2D eigenvalue weighted by Gasteiger charge is 2.30. The average molecular weight is 475 g/mol. The van der Waals surface area contributed by atoms with Gasteiger partial charge in [-0.15, -0.1) is 0 Å². The van der Waals surface area contributed by atoms with Crippen LogP contribution in [0.4, 0.5) is 5.69 Å². The number of Topliss-reactive ketones (excluding diaryl/α,β-unsaturated/α-hetero) is 1. The van der Waals surface area contributed by atoms with Gasteiger partial charge in [0.1, 0.15) is 11.8 Å². The number of esters is 1. The molecule has 0 radical (unpaired) electrons. The molecule has 1 heterocycles. The second-order valence-corrected chi connectivity index (χ2v) is 9.68. The predicted octanol–water partition coefficient (Wildman–Crippen LogP) is 2.31. The zero-order valence-corrected chi connectivity index (χ0v) is 19.4. The van der Waals surface area contributed by atoms with Gasteiger partial charge in [-0.25, -0.2) is 8.42 Å². The molecule has 0 aromatic heterocycles. The molecule has 1 aliphatic heterocycles. The van der Waals surface area contributed by atoms with Crippen LogP contribution >= 0.6 is 0 Å². The van der Waals surface area contributed by atoms with Crippen molar-refractivity contribution >= 4 is 33.4 Å². The standard InChI is InChI=1S/C23H26N2O7S/c1-14(2)22(25-33(29,30)18-8-6-17(31-3)7-9-18)23(28)32-13-20(26)16-4-10-19-15(12-16)5-11-21(27)24-19/h4,6-10,12,14,22,25H,5,11,13H2,1-3H3,(H,24,27). The Morgan fingerprint density at radius 2 is 1.79 bits per heavy atom. The first-order valence-corrected chi connectivity index (χ1v) is 11.9. The minimum Gasteiger partial charge on any atom is -0.497 e. The average Bonchev–Trinajstić information content (AvgIpc) is 2.80. The van der Waals surface area contributed by atoms with Crippen LogP contribution in [0.3, 0.4) is 0 Å². The molecule has 1 amide bonds. The monoisotopic (exact) mass is 474 g/mol. The van der Waals surface area contributed by atoms with Crippen LogP contribution in [-0.4, -0.2) is 45.8 Å². The SMILES string of the molecule is COc1ccc(S(=O)(=O)NC(C(=O)OCC(=O)c2ccc3c(c2)CCC(=O)N3)C(C)C)cc1. The van der Waals surface area contributed by atoms with E-state index in [0.717, 1.165) is 5.56 Å². The maximum atomic E-state index is 12.7. The molecule has 1 unspecified atom stereocenters. The number of methoxy groups -OCH3 is 1. The molecule has 176 valence electrons. The maximum absolute atomic E-state index is 12.7. The molecule has 1 atom stereocenters. The molecule has 33 heavy (non-hydrogen) atoms. The van der Waals surface area contributed by atoms with Crippen LogP contribution < -0.4 is 14.8 Å². The summed E-state index contributed by atoms with van der Waals surface area (Å²) in [5.41, 5.74) is 1.84. The number of carbonyl (C=O) groups excluding carboxylic acids is 3. The second kappa shape index (κ2) is 10.1. The summed E-state index contributed by atoms with van der Waals surface area (Å²) in [6.07, 6.45) is 0.856. The van der Waals surface area contributed by atoms with Crippen molar-refractivity contribution in [1.82, 2.24) is 4.72 Å².